The molecule has 1 atom stereocenters. The number of nitrogens with zero attached hydrogens (tertiary/aromatic N) is 3. The highest BCUT2D eigenvalue weighted by Crippen LogP contribution is 2.26. The standard InChI is InChI=1S/C12H7F3N4/c13-12(14,15)10(6-18)7-19-11-2-1-8(4-16)9(3-11)5-17/h1-3,10,19H,7H2. The van der Waals surface area contributed by atoms with Crippen LogP contribution in [0.3, 0.4) is 0 Å². The Morgan fingerprint density at radius 3 is 2.21 bits per heavy atom. The number of hydrogen-bond acceptors (Lipinski definition) is 4. The molecule has 1 unspecified atom stereocenters. The number of nitriles is 3. The van der Waals surface area contributed by atoms with Crippen LogP contribution in [0.25, 0.3) is 0 Å². The first-order valence-electron chi connectivity index (χ1n) is 5.06. The van der Waals surface area contributed by atoms with Crippen molar-refractivity contribution >= 4 is 5.69 Å². The van der Waals surface area contributed by atoms with Crippen molar-refractivity contribution in [3.63, 3.8) is 0 Å². The van der Waals surface area contributed by atoms with Gasteiger partial charge in [-0.05, 0) is 18.2 Å². The molecule has 0 bridgehead atoms. The van der Waals surface area contributed by atoms with E-state index in [4.69, 9.17) is 15.8 Å². The SMILES string of the molecule is N#Cc1ccc(NCC(C#N)C(F)(F)F)cc1C#N. The van der Waals surface area contributed by atoms with Gasteiger partial charge in [-0.2, -0.15) is 29.0 Å². The minimum absolute atomic E-state index is 0.0630. The summed E-state index contributed by atoms with van der Waals surface area (Å²) in [6.45, 7) is -0.614. The van der Waals surface area contributed by atoms with E-state index in [0.717, 1.165) is 6.07 Å². The van der Waals surface area contributed by atoms with Crippen LogP contribution in [-0.4, -0.2) is 12.7 Å². The lowest BCUT2D eigenvalue weighted by molar-refractivity contribution is -0.155. The molecule has 0 amide bonds. The Labute approximate surface area is 107 Å². The smallest absolute Gasteiger partial charge is 0.383 e. The highest BCUT2D eigenvalue weighted by molar-refractivity contribution is 5.56. The van der Waals surface area contributed by atoms with E-state index < -0.39 is 18.6 Å². The van der Waals surface area contributed by atoms with Crippen molar-refractivity contribution in [2.75, 3.05) is 11.9 Å². The summed E-state index contributed by atoms with van der Waals surface area (Å²) in [5.74, 6) is -2.13. The summed E-state index contributed by atoms with van der Waals surface area (Å²) in [6.07, 6.45) is -4.60. The summed E-state index contributed by atoms with van der Waals surface area (Å²) in [6, 6.07) is 8.69. The molecular formula is C12H7F3N4. The van der Waals surface area contributed by atoms with Crippen LogP contribution < -0.4 is 5.32 Å². The molecule has 19 heavy (non-hydrogen) atoms. The van der Waals surface area contributed by atoms with Crippen LogP contribution in [-0.2, 0) is 0 Å². The molecule has 1 rings (SSSR count). The van der Waals surface area contributed by atoms with Gasteiger partial charge in [0, 0.05) is 12.2 Å². The lowest BCUT2D eigenvalue weighted by Crippen LogP contribution is -2.28. The fourth-order valence-electron chi connectivity index (χ4n) is 1.30. The number of rotatable bonds is 3. The van der Waals surface area contributed by atoms with E-state index in [0.29, 0.717) is 0 Å². The van der Waals surface area contributed by atoms with E-state index in [1.807, 2.05) is 0 Å². The Hall–Kier alpha value is -2.72. The third-order valence-corrected chi connectivity index (χ3v) is 2.32. The van der Waals surface area contributed by atoms with Gasteiger partial charge in [0.25, 0.3) is 0 Å². The van der Waals surface area contributed by atoms with Crippen molar-refractivity contribution in [3.8, 4) is 18.2 Å². The minimum Gasteiger partial charge on any atom is -0.383 e. The Morgan fingerprint density at radius 1 is 1.11 bits per heavy atom. The van der Waals surface area contributed by atoms with E-state index in [1.54, 1.807) is 12.1 Å². The quantitative estimate of drug-likeness (QED) is 0.909. The first-order valence-corrected chi connectivity index (χ1v) is 5.06. The molecule has 4 nitrogen and oxygen atoms in total. The molecular weight excluding hydrogens is 257 g/mol. The van der Waals surface area contributed by atoms with Gasteiger partial charge < -0.3 is 5.32 Å². The number of alkyl halides is 3. The zero-order valence-corrected chi connectivity index (χ0v) is 9.49. The average Bonchev–Trinajstić information content (AvgIpc) is 2.37. The summed E-state index contributed by atoms with van der Waals surface area (Å²) in [7, 11) is 0. The van der Waals surface area contributed by atoms with Gasteiger partial charge in [-0.25, -0.2) is 0 Å². The van der Waals surface area contributed by atoms with E-state index in [2.05, 4.69) is 5.32 Å². The third kappa shape index (κ3) is 3.62. The molecule has 0 aliphatic carbocycles. The number of nitrogens with one attached hydrogen (secondary N) is 1. The second-order valence-electron chi connectivity index (χ2n) is 3.59. The molecule has 0 aliphatic rings. The molecule has 0 fully saturated rings. The van der Waals surface area contributed by atoms with Gasteiger partial charge in [0.15, 0.2) is 5.92 Å². The minimum atomic E-state index is -4.60. The summed E-state index contributed by atoms with van der Waals surface area (Å²) >= 11 is 0. The second-order valence-corrected chi connectivity index (χ2v) is 3.59. The van der Waals surface area contributed by atoms with Crippen LogP contribution in [0, 0.1) is 39.9 Å². The van der Waals surface area contributed by atoms with Gasteiger partial charge in [-0.15, -0.1) is 0 Å². The third-order valence-electron chi connectivity index (χ3n) is 2.32. The molecule has 1 aromatic carbocycles. The van der Waals surface area contributed by atoms with Crippen LogP contribution in [0.5, 0.6) is 0 Å². The monoisotopic (exact) mass is 264 g/mol. The fraction of sp³-hybridized carbons (Fsp3) is 0.250. The molecule has 0 heterocycles. The van der Waals surface area contributed by atoms with Gasteiger partial charge in [0.2, 0.25) is 0 Å². The molecule has 0 aliphatic heterocycles. The molecule has 1 N–H and O–H groups in total. The van der Waals surface area contributed by atoms with Crippen molar-refractivity contribution in [1.29, 1.82) is 15.8 Å². The van der Waals surface area contributed by atoms with Gasteiger partial charge in [-0.3, -0.25) is 0 Å². The summed E-state index contributed by atoms with van der Waals surface area (Å²) < 4.78 is 37.0. The van der Waals surface area contributed by atoms with E-state index in [9.17, 15) is 13.2 Å². The highest BCUT2D eigenvalue weighted by Gasteiger charge is 2.39. The largest absolute Gasteiger partial charge is 0.406 e. The number of hydrogen-bond donors (Lipinski definition) is 1. The first kappa shape index (κ1) is 14.3. The van der Waals surface area contributed by atoms with Gasteiger partial charge in [0.1, 0.15) is 12.1 Å². The second kappa shape index (κ2) is 5.75. The Morgan fingerprint density at radius 2 is 1.74 bits per heavy atom. The molecule has 1 aromatic rings. The zero-order chi connectivity index (χ0) is 14.5. The van der Waals surface area contributed by atoms with Crippen LogP contribution in [0.15, 0.2) is 18.2 Å². The van der Waals surface area contributed by atoms with Crippen molar-refractivity contribution in [2.45, 2.75) is 6.18 Å². The maximum Gasteiger partial charge on any atom is 0.406 e. The fourth-order valence-corrected chi connectivity index (χ4v) is 1.30. The van der Waals surface area contributed by atoms with Gasteiger partial charge in [-0.1, -0.05) is 0 Å². The Bertz CT molecular complexity index is 587. The van der Waals surface area contributed by atoms with Crippen LogP contribution in [0.1, 0.15) is 11.1 Å². The van der Waals surface area contributed by atoms with E-state index >= 15 is 0 Å². The van der Waals surface area contributed by atoms with Crippen molar-refractivity contribution < 1.29 is 13.2 Å². The molecule has 0 aromatic heterocycles. The normalized spacial score (nSPS) is 11.8. The van der Waals surface area contributed by atoms with Crippen molar-refractivity contribution in [3.05, 3.63) is 29.3 Å². The maximum absolute atomic E-state index is 12.3. The topological polar surface area (TPSA) is 83.4 Å². The number of halogens is 3. The average molecular weight is 264 g/mol. The van der Waals surface area contributed by atoms with Crippen molar-refractivity contribution in [1.82, 2.24) is 0 Å². The first-order chi connectivity index (χ1) is 8.92. The van der Waals surface area contributed by atoms with Crippen molar-refractivity contribution in [2.24, 2.45) is 5.92 Å². The molecule has 96 valence electrons. The van der Waals surface area contributed by atoms with Crippen LogP contribution >= 0.6 is 0 Å². The zero-order valence-electron chi connectivity index (χ0n) is 9.49. The summed E-state index contributed by atoms with van der Waals surface area (Å²) in [5, 5.41) is 28.3. The van der Waals surface area contributed by atoms with Gasteiger partial charge >= 0.3 is 6.18 Å². The van der Waals surface area contributed by atoms with Crippen LogP contribution in [0.4, 0.5) is 18.9 Å². The van der Waals surface area contributed by atoms with E-state index in [-0.39, 0.29) is 16.8 Å². The number of anilines is 1. The Balaban J connectivity index is 2.83. The molecule has 0 saturated carbocycles. The molecule has 0 spiro atoms. The number of benzene rings is 1. The Kier molecular flexibility index (Phi) is 4.34. The molecule has 0 radical (unpaired) electrons. The predicted octanol–water partition coefficient (Wildman–Crippen LogP) is 2.54. The highest BCUT2D eigenvalue weighted by atomic mass is 19.4. The summed E-state index contributed by atoms with van der Waals surface area (Å²) in [5.41, 5.74) is 0.453. The molecule has 0 saturated heterocycles. The van der Waals surface area contributed by atoms with Gasteiger partial charge in [0.05, 0.1) is 17.2 Å². The van der Waals surface area contributed by atoms with Crippen LogP contribution in [0.2, 0.25) is 0 Å². The van der Waals surface area contributed by atoms with E-state index in [1.165, 1.54) is 18.2 Å². The lowest BCUT2D eigenvalue weighted by Gasteiger charge is -2.14. The maximum atomic E-state index is 12.3. The summed E-state index contributed by atoms with van der Waals surface area (Å²) in [4.78, 5) is 0. The predicted molar refractivity (Wildman–Crippen MR) is 59.5 cm³/mol. The molecule has 7 heteroatoms. The lowest BCUT2D eigenvalue weighted by atomic mass is 10.1.